The van der Waals surface area contributed by atoms with Gasteiger partial charge in [0.15, 0.2) is 15.7 Å². The molecule has 3 N–H and O–H groups in total. The fraction of sp³-hybridized carbons (Fsp3) is 0.750. The Labute approximate surface area is 125 Å². The van der Waals surface area contributed by atoms with E-state index in [0.717, 1.165) is 43.7 Å². The molecule has 0 saturated carbocycles. The van der Waals surface area contributed by atoms with E-state index in [1.165, 1.54) is 0 Å². The lowest BCUT2D eigenvalue weighted by Gasteiger charge is -2.20. The van der Waals surface area contributed by atoms with Crippen molar-refractivity contribution in [2.45, 2.75) is 37.6 Å². The van der Waals surface area contributed by atoms with Crippen LogP contribution in [0.25, 0.3) is 0 Å². The highest BCUT2D eigenvalue weighted by Crippen LogP contribution is 2.31. The van der Waals surface area contributed by atoms with Crippen LogP contribution in [-0.2, 0) is 9.84 Å². The first-order valence-electron chi connectivity index (χ1n) is 6.62. The Kier molecular flexibility index (Phi) is 6.22. The average molecular weight is 320 g/mol. The third kappa shape index (κ3) is 4.92. The van der Waals surface area contributed by atoms with Gasteiger partial charge in [0.25, 0.3) is 0 Å². The van der Waals surface area contributed by atoms with Crippen LogP contribution in [0.15, 0.2) is 4.90 Å². The largest absolute Gasteiger partial charge is 0.382 e. The maximum absolute atomic E-state index is 11.6. The number of nitrogens with one attached hydrogen (secondary N) is 1. The summed E-state index contributed by atoms with van der Waals surface area (Å²) >= 11 is 1.10. The molecule has 6 nitrogen and oxygen atoms in total. The number of nitrogen functional groups attached to an aromatic ring is 1. The predicted octanol–water partition coefficient (Wildman–Crippen LogP) is 1.66. The molecule has 0 aromatic carbocycles. The summed E-state index contributed by atoms with van der Waals surface area (Å²) in [6.45, 7) is 6.08. The molecule has 0 aliphatic carbocycles. The minimum absolute atomic E-state index is 0.0829. The maximum atomic E-state index is 11.6. The Bertz CT molecular complexity index is 526. The van der Waals surface area contributed by atoms with Crippen molar-refractivity contribution in [1.82, 2.24) is 9.27 Å². The van der Waals surface area contributed by atoms with E-state index in [-0.39, 0.29) is 10.7 Å². The van der Waals surface area contributed by atoms with Crippen molar-refractivity contribution in [3.8, 4) is 0 Å². The molecule has 1 rings (SSSR count). The minimum atomic E-state index is -3.34. The molecule has 20 heavy (non-hydrogen) atoms. The number of rotatable bonds is 8. The summed E-state index contributed by atoms with van der Waals surface area (Å²) in [7, 11) is -1.24. The number of unbranched alkanes of at least 4 members (excludes halogenated alkanes) is 1. The van der Waals surface area contributed by atoms with Crippen molar-refractivity contribution >= 4 is 32.2 Å². The van der Waals surface area contributed by atoms with E-state index in [1.54, 1.807) is 0 Å². The second-order valence-electron chi connectivity index (χ2n) is 5.21. The van der Waals surface area contributed by atoms with Crippen molar-refractivity contribution in [1.29, 1.82) is 0 Å². The van der Waals surface area contributed by atoms with Crippen molar-refractivity contribution < 1.29 is 8.42 Å². The van der Waals surface area contributed by atoms with Crippen LogP contribution in [0.2, 0.25) is 0 Å². The van der Waals surface area contributed by atoms with Gasteiger partial charge in [-0.3, -0.25) is 0 Å². The van der Waals surface area contributed by atoms with E-state index in [0.29, 0.717) is 11.0 Å². The highest BCUT2D eigenvalue weighted by atomic mass is 32.2. The van der Waals surface area contributed by atoms with Gasteiger partial charge in [0.05, 0.1) is 0 Å². The van der Waals surface area contributed by atoms with E-state index in [2.05, 4.69) is 35.5 Å². The average Bonchev–Trinajstić information content (AvgIpc) is 2.69. The number of hydrogen-bond donors (Lipinski definition) is 2. The Morgan fingerprint density at radius 3 is 2.60 bits per heavy atom. The molecule has 0 atom stereocenters. The molecule has 1 heterocycles. The fourth-order valence-corrected chi connectivity index (χ4v) is 3.80. The van der Waals surface area contributed by atoms with Crippen molar-refractivity contribution in [3.63, 3.8) is 0 Å². The van der Waals surface area contributed by atoms with Crippen molar-refractivity contribution in [3.05, 3.63) is 0 Å². The summed E-state index contributed by atoms with van der Waals surface area (Å²) < 4.78 is 27.2. The first-order chi connectivity index (χ1) is 9.23. The maximum Gasteiger partial charge on any atom is 0.182 e. The smallest absolute Gasteiger partial charge is 0.182 e. The molecule has 8 heteroatoms. The van der Waals surface area contributed by atoms with Gasteiger partial charge in [0.2, 0.25) is 0 Å². The summed E-state index contributed by atoms with van der Waals surface area (Å²) in [5.41, 5.74) is 5.60. The zero-order valence-electron chi connectivity index (χ0n) is 12.5. The lowest BCUT2D eigenvalue weighted by atomic mass is 10.2. The monoisotopic (exact) mass is 320 g/mol. The molecule has 0 bridgehead atoms. The number of sulfone groups is 1. The Balaban J connectivity index is 2.44. The van der Waals surface area contributed by atoms with Gasteiger partial charge in [-0.25, -0.2) is 8.42 Å². The topological polar surface area (TPSA) is 88.3 Å². The number of nitrogens with zero attached hydrogens (tertiary/aromatic N) is 2. The third-order valence-electron chi connectivity index (χ3n) is 3.15. The molecule has 116 valence electrons. The molecule has 0 aliphatic heterocycles. The van der Waals surface area contributed by atoms with Gasteiger partial charge in [0, 0.05) is 18.8 Å². The van der Waals surface area contributed by atoms with Crippen LogP contribution >= 0.6 is 11.5 Å². The van der Waals surface area contributed by atoms with Gasteiger partial charge in [-0.2, -0.15) is 4.37 Å². The standard InChI is InChI=1S/C12H24N4O2S2/c1-9(2)16(3)8-6-5-7-14-12-10(20(4,17)18)11(13)15-19-12/h9,14H,5-8H2,1-4H3,(H2,13,15). The number of nitrogens with two attached hydrogens (primary N) is 1. The van der Waals surface area contributed by atoms with Gasteiger partial charge in [-0.1, -0.05) is 0 Å². The van der Waals surface area contributed by atoms with Gasteiger partial charge >= 0.3 is 0 Å². The molecule has 0 saturated heterocycles. The zero-order chi connectivity index (χ0) is 15.3. The number of anilines is 2. The molecular formula is C12H24N4O2S2. The summed E-state index contributed by atoms with van der Waals surface area (Å²) in [6, 6.07) is 0.543. The Morgan fingerprint density at radius 1 is 1.40 bits per heavy atom. The summed E-state index contributed by atoms with van der Waals surface area (Å²) in [5.74, 6) is 0.0829. The number of hydrogen-bond acceptors (Lipinski definition) is 7. The summed E-state index contributed by atoms with van der Waals surface area (Å²) in [4.78, 5) is 2.41. The van der Waals surface area contributed by atoms with Crippen LogP contribution in [-0.4, -0.2) is 50.1 Å². The molecule has 0 fully saturated rings. The summed E-state index contributed by atoms with van der Waals surface area (Å²) in [6.07, 6.45) is 3.18. The normalized spacial score (nSPS) is 12.3. The SMILES string of the molecule is CC(C)N(C)CCCCNc1snc(N)c1S(C)(=O)=O. The second-order valence-corrected chi connectivity index (χ2v) is 7.93. The zero-order valence-corrected chi connectivity index (χ0v) is 14.1. The Morgan fingerprint density at radius 2 is 2.05 bits per heavy atom. The summed E-state index contributed by atoms with van der Waals surface area (Å²) in [5, 5.41) is 3.67. The highest BCUT2D eigenvalue weighted by molar-refractivity contribution is 7.91. The van der Waals surface area contributed by atoms with Crippen LogP contribution in [0, 0.1) is 0 Å². The molecule has 0 radical (unpaired) electrons. The molecule has 1 aromatic rings. The molecule has 0 aliphatic rings. The quantitative estimate of drug-likeness (QED) is 0.708. The van der Waals surface area contributed by atoms with E-state index in [9.17, 15) is 8.42 Å². The first-order valence-corrected chi connectivity index (χ1v) is 9.29. The van der Waals surface area contributed by atoms with E-state index >= 15 is 0 Å². The van der Waals surface area contributed by atoms with Gasteiger partial charge in [-0.05, 0) is 51.8 Å². The third-order valence-corrected chi connectivity index (χ3v) is 5.25. The van der Waals surface area contributed by atoms with Crippen LogP contribution < -0.4 is 11.1 Å². The van der Waals surface area contributed by atoms with Crippen molar-refractivity contribution in [2.75, 3.05) is 37.4 Å². The minimum Gasteiger partial charge on any atom is -0.382 e. The molecule has 0 amide bonds. The molecule has 1 aromatic heterocycles. The Hall–Kier alpha value is -0.860. The van der Waals surface area contributed by atoms with E-state index < -0.39 is 9.84 Å². The van der Waals surface area contributed by atoms with Gasteiger partial charge in [0.1, 0.15) is 9.90 Å². The van der Waals surface area contributed by atoms with Crippen molar-refractivity contribution in [2.24, 2.45) is 0 Å². The second kappa shape index (κ2) is 7.24. The predicted molar refractivity (Wildman–Crippen MR) is 85.1 cm³/mol. The lowest BCUT2D eigenvalue weighted by molar-refractivity contribution is 0.269. The fourth-order valence-electron chi connectivity index (χ4n) is 1.71. The highest BCUT2D eigenvalue weighted by Gasteiger charge is 2.20. The number of aromatic nitrogens is 1. The molecule has 0 spiro atoms. The molecule has 0 unspecified atom stereocenters. The first kappa shape index (κ1) is 17.2. The van der Waals surface area contributed by atoms with E-state index in [4.69, 9.17) is 5.73 Å². The lowest BCUT2D eigenvalue weighted by Crippen LogP contribution is -2.27. The van der Waals surface area contributed by atoms with Crippen LogP contribution in [0.3, 0.4) is 0 Å². The van der Waals surface area contributed by atoms with Crippen LogP contribution in [0.4, 0.5) is 10.8 Å². The van der Waals surface area contributed by atoms with Gasteiger partial charge in [-0.15, -0.1) is 0 Å². The van der Waals surface area contributed by atoms with Crippen LogP contribution in [0.5, 0.6) is 0 Å². The molecular weight excluding hydrogens is 296 g/mol. The van der Waals surface area contributed by atoms with E-state index in [1.807, 2.05) is 0 Å². The van der Waals surface area contributed by atoms with Gasteiger partial charge < -0.3 is 16.0 Å². The van der Waals surface area contributed by atoms with Crippen LogP contribution in [0.1, 0.15) is 26.7 Å².